The molecule has 0 atom stereocenters. The van der Waals surface area contributed by atoms with Gasteiger partial charge in [-0.2, -0.15) is 0 Å². The molecule has 1 aromatic rings. The Labute approximate surface area is 107 Å². The Hall–Kier alpha value is -1.48. The molecular weight excluding hydrogens is 236 g/mol. The summed E-state index contributed by atoms with van der Waals surface area (Å²) in [6, 6.07) is 3.71. The molecule has 0 unspecified atom stereocenters. The van der Waals surface area contributed by atoms with Crippen LogP contribution >= 0.6 is 11.6 Å². The molecule has 1 rings (SSSR count). The number of aryl methyl sites for hydroxylation is 1. The van der Waals surface area contributed by atoms with Crippen molar-refractivity contribution < 1.29 is 4.79 Å². The lowest BCUT2D eigenvalue weighted by molar-refractivity contribution is -0.118. The van der Waals surface area contributed by atoms with E-state index < -0.39 is 0 Å². The SMILES string of the molecule is CC(=O)NCCC=Cc1cc(C)c(N)cc1Cl. The minimum absolute atomic E-state index is 0.0141. The number of nitrogen functional groups attached to an aromatic ring is 1. The van der Waals surface area contributed by atoms with Crippen LogP contribution in [0.25, 0.3) is 6.08 Å². The molecule has 0 fully saturated rings. The number of anilines is 1. The third-order valence-electron chi connectivity index (χ3n) is 2.37. The fourth-order valence-corrected chi connectivity index (χ4v) is 1.62. The number of amides is 1. The van der Waals surface area contributed by atoms with Crippen LogP contribution in [-0.2, 0) is 4.79 Å². The van der Waals surface area contributed by atoms with Gasteiger partial charge < -0.3 is 11.1 Å². The van der Waals surface area contributed by atoms with Crippen LogP contribution in [0.1, 0.15) is 24.5 Å². The van der Waals surface area contributed by atoms with Gasteiger partial charge in [0.15, 0.2) is 0 Å². The smallest absolute Gasteiger partial charge is 0.216 e. The molecule has 0 saturated carbocycles. The third kappa shape index (κ3) is 4.49. The number of halogens is 1. The van der Waals surface area contributed by atoms with E-state index in [9.17, 15) is 4.79 Å². The number of rotatable bonds is 4. The van der Waals surface area contributed by atoms with Crippen molar-refractivity contribution in [3.63, 3.8) is 0 Å². The summed E-state index contributed by atoms with van der Waals surface area (Å²) in [7, 11) is 0. The van der Waals surface area contributed by atoms with Crippen LogP contribution in [0.3, 0.4) is 0 Å². The predicted octanol–water partition coefficient (Wildman–Crippen LogP) is 2.77. The molecule has 17 heavy (non-hydrogen) atoms. The summed E-state index contributed by atoms with van der Waals surface area (Å²) in [5.41, 5.74) is 8.40. The van der Waals surface area contributed by atoms with E-state index in [-0.39, 0.29) is 5.91 Å². The maximum atomic E-state index is 10.6. The van der Waals surface area contributed by atoms with E-state index in [2.05, 4.69) is 5.32 Å². The Morgan fingerprint density at radius 1 is 1.53 bits per heavy atom. The second-order valence-electron chi connectivity index (χ2n) is 3.90. The summed E-state index contributed by atoms with van der Waals surface area (Å²) in [6.07, 6.45) is 4.70. The van der Waals surface area contributed by atoms with E-state index in [0.717, 1.165) is 17.5 Å². The highest BCUT2D eigenvalue weighted by Crippen LogP contribution is 2.23. The van der Waals surface area contributed by atoms with E-state index in [1.54, 1.807) is 6.07 Å². The molecule has 0 aliphatic carbocycles. The van der Waals surface area contributed by atoms with Crippen molar-refractivity contribution in [2.24, 2.45) is 0 Å². The van der Waals surface area contributed by atoms with Crippen molar-refractivity contribution in [2.75, 3.05) is 12.3 Å². The van der Waals surface area contributed by atoms with Crippen molar-refractivity contribution in [2.45, 2.75) is 20.3 Å². The normalized spacial score (nSPS) is 10.8. The van der Waals surface area contributed by atoms with Crippen molar-refractivity contribution in [3.8, 4) is 0 Å². The maximum absolute atomic E-state index is 10.6. The lowest BCUT2D eigenvalue weighted by Gasteiger charge is -2.04. The molecule has 1 aromatic carbocycles. The minimum Gasteiger partial charge on any atom is -0.398 e. The third-order valence-corrected chi connectivity index (χ3v) is 2.70. The molecule has 92 valence electrons. The molecule has 0 aromatic heterocycles. The average molecular weight is 253 g/mol. The molecule has 0 aliphatic heterocycles. The molecular formula is C13H17ClN2O. The van der Waals surface area contributed by atoms with Gasteiger partial charge in [0.2, 0.25) is 5.91 Å². The maximum Gasteiger partial charge on any atom is 0.216 e. The summed E-state index contributed by atoms with van der Waals surface area (Å²) in [5, 5.41) is 3.37. The van der Waals surface area contributed by atoms with Gasteiger partial charge in [0.05, 0.1) is 0 Å². The zero-order chi connectivity index (χ0) is 12.8. The van der Waals surface area contributed by atoms with Gasteiger partial charge in [0.1, 0.15) is 0 Å². The largest absolute Gasteiger partial charge is 0.398 e. The first kappa shape index (κ1) is 13.6. The van der Waals surface area contributed by atoms with Crippen molar-refractivity contribution in [1.82, 2.24) is 5.32 Å². The summed E-state index contributed by atoms with van der Waals surface area (Å²) in [6.45, 7) is 4.08. The fourth-order valence-electron chi connectivity index (χ4n) is 1.39. The van der Waals surface area contributed by atoms with E-state index in [1.807, 2.05) is 25.1 Å². The Bertz CT molecular complexity index is 441. The van der Waals surface area contributed by atoms with Crippen molar-refractivity contribution in [1.29, 1.82) is 0 Å². The second-order valence-corrected chi connectivity index (χ2v) is 4.31. The Morgan fingerprint density at radius 3 is 2.88 bits per heavy atom. The van der Waals surface area contributed by atoms with Crippen LogP contribution in [0.4, 0.5) is 5.69 Å². The van der Waals surface area contributed by atoms with Gasteiger partial charge in [-0.3, -0.25) is 4.79 Å². The highest BCUT2D eigenvalue weighted by Gasteiger charge is 2.00. The molecule has 0 saturated heterocycles. The Kier molecular flexibility index (Phi) is 5.04. The van der Waals surface area contributed by atoms with Gasteiger partial charge in [0.25, 0.3) is 0 Å². The highest BCUT2D eigenvalue weighted by molar-refractivity contribution is 6.32. The Balaban J connectivity index is 2.59. The van der Waals surface area contributed by atoms with E-state index in [4.69, 9.17) is 17.3 Å². The molecule has 3 nitrogen and oxygen atoms in total. The molecule has 0 spiro atoms. The standard InChI is InChI=1S/C13H17ClN2O/c1-9-7-11(12(14)8-13(9)15)5-3-4-6-16-10(2)17/h3,5,7-8H,4,6,15H2,1-2H3,(H,16,17). The molecule has 1 amide bonds. The monoisotopic (exact) mass is 252 g/mol. The molecule has 4 heteroatoms. The van der Waals surface area contributed by atoms with Crippen LogP contribution in [0.2, 0.25) is 5.02 Å². The van der Waals surface area contributed by atoms with Gasteiger partial charge >= 0.3 is 0 Å². The van der Waals surface area contributed by atoms with Crippen LogP contribution in [-0.4, -0.2) is 12.5 Å². The van der Waals surface area contributed by atoms with Gasteiger partial charge in [-0.05, 0) is 36.6 Å². The lowest BCUT2D eigenvalue weighted by atomic mass is 10.1. The zero-order valence-corrected chi connectivity index (χ0v) is 10.8. The summed E-state index contributed by atoms with van der Waals surface area (Å²) in [4.78, 5) is 10.6. The number of nitrogens with one attached hydrogen (secondary N) is 1. The number of benzene rings is 1. The van der Waals surface area contributed by atoms with Gasteiger partial charge in [-0.1, -0.05) is 23.8 Å². The van der Waals surface area contributed by atoms with Crippen molar-refractivity contribution >= 4 is 29.3 Å². The van der Waals surface area contributed by atoms with Crippen molar-refractivity contribution in [3.05, 3.63) is 34.4 Å². The molecule has 0 radical (unpaired) electrons. The van der Waals surface area contributed by atoms with Gasteiger partial charge in [-0.25, -0.2) is 0 Å². The average Bonchev–Trinajstić information content (AvgIpc) is 2.24. The number of hydrogen-bond acceptors (Lipinski definition) is 2. The topological polar surface area (TPSA) is 55.1 Å². The molecule has 0 bridgehead atoms. The van der Waals surface area contributed by atoms with Gasteiger partial charge in [0, 0.05) is 24.2 Å². The first-order chi connectivity index (χ1) is 8.00. The predicted molar refractivity (Wildman–Crippen MR) is 72.9 cm³/mol. The molecule has 3 N–H and O–H groups in total. The first-order valence-corrected chi connectivity index (χ1v) is 5.85. The molecule has 0 heterocycles. The van der Waals surface area contributed by atoms with Crippen LogP contribution in [0.15, 0.2) is 18.2 Å². The number of carbonyl (C=O) groups is 1. The van der Waals surface area contributed by atoms with E-state index in [1.165, 1.54) is 6.92 Å². The molecule has 0 aliphatic rings. The lowest BCUT2D eigenvalue weighted by Crippen LogP contribution is -2.20. The highest BCUT2D eigenvalue weighted by atomic mass is 35.5. The van der Waals surface area contributed by atoms with Crippen LogP contribution < -0.4 is 11.1 Å². The van der Waals surface area contributed by atoms with E-state index >= 15 is 0 Å². The summed E-state index contributed by atoms with van der Waals surface area (Å²) in [5.74, 6) is -0.0141. The number of nitrogens with two attached hydrogens (primary N) is 1. The zero-order valence-electron chi connectivity index (χ0n) is 10.1. The van der Waals surface area contributed by atoms with Crippen LogP contribution in [0.5, 0.6) is 0 Å². The van der Waals surface area contributed by atoms with Gasteiger partial charge in [-0.15, -0.1) is 0 Å². The Morgan fingerprint density at radius 2 is 2.24 bits per heavy atom. The minimum atomic E-state index is -0.0141. The fraction of sp³-hybridized carbons (Fsp3) is 0.308. The summed E-state index contributed by atoms with van der Waals surface area (Å²) < 4.78 is 0. The van der Waals surface area contributed by atoms with E-state index in [0.29, 0.717) is 17.3 Å². The quantitative estimate of drug-likeness (QED) is 0.640. The summed E-state index contributed by atoms with van der Waals surface area (Å²) >= 11 is 6.06. The first-order valence-electron chi connectivity index (χ1n) is 5.47. The van der Waals surface area contributed by atoms with Crippen LogP contribution in [0, 0.1) is 6.92 Å². The second kappa shape index (κ2) is 6.30. The number of hydrogen-bond donors (Lipinski definition) is 2. The number of carbonyl (C=O) groups excluding carboxylic acids is 1.